The Labute approximate surface area is 120 Å². The number of hydrogen-bond acceptors (Lipinski definition) is 3. The number of carbonyl (C=O) groups excluding carboxylic acids is 1. The number of hydrogen-bond donors (Lipinski definition) is 2. The zero-order chi connectivity index (χ0) is 14.7. The second-order valence-corrected chi connectivity index (χ2v) is 4.48. The molecule has 0 aliphatic rings. The lowest BCUT2D eigenvalue weighted by Gasteiger charge is -2.04. The maximum atomic E-state index is 12.0. The van der Waals surface area contributed by atoms with Gasteiger partial charge in [-0.25, -0.2) is 5.43 Å². The number of nitrogens with one attached hydrogen (secondary N) is 1. The summed E-state index contributed by atoms with van der Waals surface area (Å²) >= 11 is 0. The van der Waals surface area contributed by atoms with Crippen molar-refractivity contribution in [1.82, 2.24) is 10.2 Å². The molecule has 1 heterocycles. The second-order valence-electron chi connectivity index (χ2n) is 4.48. The van der Waals surface area contributed by atoms with E-state index in [0.717, 1.165) is 10.1 Å². The number of rotatable bonds is 2. The number of carbonyl (C=O) groups is 1. The lowest BCUT2D eigenvalue weighted by molar-refractivity contribution is 0.0953. The molecule has 0 aliphatic carbocycles. The lowest BCUT2D eigenvalue weighted by atomic mass is 10.2. The van der Waals surface area contributed by atoms with Gasteiger partial charge in [-0.3, -0.25) is 4.79 Å². The van der Waals surface area contributed by atoms with Crippen molar-refractivity contribution in [2.24, 2.45) is 5.10 Å². The summed E-state index contributed by atoms with van der Waals surface area (Å²) in [5.74, 6) is -0.277. The third-order valence-corrected chi connectivity index (χ3v) is 3.11. The summed E-state index contributed by atoms with van der Waals surface area (Å²) in [6, 6.07) is 17.8. The molecule has 0 spiro atoms. The van der Waals surface area contributed by atoms with E-state index in [4.69, 9.17) is 0 Å². The van der Waals surface area contributed by atoms with Crippen LogP contribution in [0.3, 0.4) is 0 Å². The number of pyridine rings is 1. The molecule has 0 saturated carbocycles. The Morgan fingerprint density at radius 2 is 1.71 bits per heavy atom. The fraction of sp³-hybridized carbons (Fsp3) is 0. The molecule has 2 N–H and O–H groups in total. The molecule has 0 aliphatic heterocycles. The van der Waals surface area contributed by atoms with Crippen molar-refractivity contribution in [2.75, 3.05) is 0 Å². The van der Waals surface area contributed by atoms with E-state index >= 15 is 0 Å². The zero-order valence-electron chi connectivity index (χ0n) is 11.1. The van der Waals surface area contributed by atoms with Crippen LogP contribution in [0.15, 0.2) is 72.0 Å². The summed E-state index contributed by atoms with van der Waals surface area (Å²) in [7, 11) is 0. The van der Waals surface area contributed by atoms with Crippen LogP contribution in [0.4, 0.5) is 0 Å². The molecule has 5 nitrogen and oxygen atoms in total. The first kappa shape index (κ1) is 12.9. The first-order chi connectivity index (χ1) is 10.3. The normalized spacial score (nSPS) is 11.5. The number of aromatic nitrogens is 1. The molecular weight excluding hydrogens is 266 g/mol. The Kier molecular flexibility index (Phi) is 3.39. The standard InChI is InChI=1S/C16H13N3O2/c20-16(12-6-2-1-3-7-12)18-17-14-10-11-19(21)15-9-5-4-8-13(14)15/h1-11,21H,(H,18,20). The molecule has 0 fully saturated rings. The fourth-order valence-electron chi connectivity index (χ4n) is 2.06. The van der Waals surface area contributed by atoms with Crippen LogP contribution in [0, 0.1) is 0 Å². The van der Waals surface area contributed by atoms with E-state index in [-0.39, 0.29) is 5.91 Å². The Morgan fingerprint density at radius 3 is 2.52 bits per heavy atom. The van der Waals surface area contributed by atoms with Crippen LogP contribution in [0.2, 0.25) is 0 Å². The first-order valence-electron chi connectivity index (χ1n) is 6.44. The first-order valence-corrected chi connectivity index (χ1v) is 6.44. The highest BCUT2D eigenvalue weighted by molar-refractivity contribution is 5.93. The van der Waals surface area contributed by atoms with Crippen LogP contribution < -0.4 is 10.8 Å². The Morgan fingerprint density at radius 1 is 1.00 bits per heavy atom. The Bertz CT molecular complexity index is 854. The number of benzene rings is 2. The minimum Gasteiger partial charge on any atom is -0.428 e. The van der Waals surface area contributed by atoms with E-state index in [1.807, 2.05) is 24.3 Å². The van der Waals surface area contributed by atoms with Gasteiger partial charge in [0, 0.05) is 17.1 Å². The number of fused-ring (bicyclic) bond motifs is 1. The maximum absolute atomic E-state index is 12.0. The topological polar surface area (TPSA) is 66.6 Å². The molecule has 104 valence electrons. The molecule has 3 rings (SSSR count). The summed E-state index contributed by atoms with van der Waals surface area (Å²) in [6.07, 6.45) is 1.48. The highest BCUT2D eigenvalue weighted by atomic mass is 16.5. The van der Waals surface area contributed by atoms with Gasteiger partial charge < -0.3 is 5.21 Å². The fourth-order valence-corrected chi connectivity index (χ4v) is 2.06. The lowest BCUT2D eigenvalue weighted by Crippen LogP contribution is -2.21. The highest BCUT2D eigenvalue weighted by Crippen LogP contribution is 2.07. The third kappa shape index (κ3) is 2.62. The molecule has 1 aromatic heterocycles. The smallest absolute Gasteiger partial charge is 0.271 e. The monoisotopic (exact) mass is 279 g/mol. The summed E-state index contributed by atoms with van der Waals surface area (Å²) in [5, 5.41) is 15.2. The molecule has 3 aromatic rings. The molecule has 0 atom stereocenters. The van der Waals surface area contributed by atoms with Gasteiger partial charge in [-0.1, -0.05) is 36.4 Å². The van der Waals surface area contributed by atoms with Gasteiger partial charge >= 0.3 is 0 Å². The Balaban J connectivity index is 1.98. The maximum Gasteiger partial charge on any atom is 0.271 e. The van der Waals surface area contributed by atoms with Crippen molar-refractivity contribution in [2.45, 2.75) is 0 Å². The summed E-state index contributed by atoms with van der Waals surface area (Å²) < 4.78 is 1.02. The number of para-hydroxylation sites is 1. The van der Waals surface area contributed by atoms with Crippen molar-refractivity contribution in [3.63, 3.8) is 0 Å². The van der Waals surface area contributed by atoms with Gasteiger partial charge in [0.15, 0.2) is 0 Å². The summed E-state index contributed by atoms with van der Waals surface area (Å²) in [4.78, 5) is 12.0. The van der Waals surface area contributed by atoms with Gasteiger partial charge in [-0.15, -0.1) is 0 Å². The predicted octanol–water partition coefficient (Wildman–Crippen LogP) is 2.12. The van der Waals surface area contributed by atoms with E-state index in [0.29, 0.717) is 16.4 Å². The van der Waals surface area contributed by atoms with Crippen molar-refractivity contribution < 1.29 is 10.0 Å². The van der Waals surface area contributed by atoms with Gasteiger partial charge in [-0.05, 0) is 24.3 Å². The van der Waals surface area contributed by atoms with Gasteiger partial charge in [0.25, 0.3) is 5.91 Å². The van der Waals surface area contributed by atoms with Gasteiger partial charge in [0.2, 0.25) is 0 Å². The molecule has 1 amide bonds. The van der Waals surface area contributed by atoms with Crippen molar-refractivity contribution in [3.8, 4) is 0 Å². The minimum atomic E-state index is -0.277. The van der Waals surface area contributed by atoms with Crippen LogP contribution in [0.25, 0.3) is 10.9 Å². The van der Waals surface area contributed by atoms with E-state index in [2.05, 4.69) is 10.5 Å². The molecule has 5 heteroatoms. The van der Waals surface area contributed by atoms with E-state index in [9.17, 15) is 10.0 Å². The average molecular weight is 279 g/mol. The Hall–Kier alpha value is -3.08. The van der Waals surface area contributed by atoms with E-state index in [1.54, 1.807) is 36.4 Å². The summed E-state index contributed by atoms with van der Waals surface area (Å²) in [6.45, 7) is 0. The zero-order valence-corrected chi connectivity index (χ0v) is 11.1. The van der Waals surface area contributed by atoms with Crippen LogP contribution >= 0.6 is 0 Å². The van der Waals surface area contributed by atoms with E-state index in [1.165, 1.54) is 6.20 Å². The molecular formula is C16H13N3O2. The molecule has 0 unspecified atom stereocenters. The summed E-state index contributed by atoms with van der Waals surface area (Å²) in [5.41, 5.74) is 3.68. The SMILES string of the molecule is O=C(NN=c1ccn(O)c2ccccc12)c1ccccc1. The molecule has 2 aromatic carbocycles. The van der Waals surface area contributed by atoms with Gasteiger partial charge in [0.1, 0.15) is 0 Å². The third-order valence-electron chi connectivity index (χ3n) is 3.11. The average Bonchev–Trinajstić information content (AvgIpc) is 2.55. The number of nitrogens with zero attached hydrogens (tertiary/aromatic N) is 2. The van der Waals surface area contributed by atoms with Crippen molar-refractivity contribution >= 4 is 16.8 Å². The molecule has 21 heavy (non-hydrogen) atoms. The number of amides is 1. The van der Waals surface area contributed by atoms with Gasteiger partial charge in [-0.2, -0.15) is 9.83 Å². The predicted molar refractivity (Wildman–Crippen MR) is 78.6 cm³/mol. The molecule has 0 bridgehead atoms. The van der Waals surface area contributed by atoms with Crippen molar-refractivity contribution in [1.29, 1.82) is 0 Å². The van der Waals surface area contributed by atoms with Gasteiger partial charge in [0.05, 0.1) is 10.9 Å². The van der Waals surface area contributed by atoms with Crippen LogP contribution in [0.5, 0.6) is 0 Å². The van der Waals surface area contributed by atoms with Crippen LogP contribution in [0.1, 0.15) is 10.4 Å². The minimum absolute atomic E-state index is 0.277. The second kappa shape index (κ2) is 5.50. The van der Waals surface area contributed by atoms with Crippen LogP contribution in [-0.4, -0.2) is 15.8 Å². The quantitative estimate of drug-likeness (QED) is 0.557. The van der Waals surface area contributed by atoms with Crippen LogP contribution in [-0.2, 0) is 0 Å². The molecule has 0 saturated heterocycles. The molecule has 0 radical (unpaired) electrons. The largest absolute Gasteiger partial charge is 0.428 e. The highest BCUT2D eigenvalue weighted by Gasteiger charge is 2.03. The van der Waals surface area contributed by atoms with Crippen molar-refractivity contribution in [3.05, 3.63) is 77.8 Å². The van der Waals surface area contributed by atoms with E-state index < -0.39 is 0 Å².